The summed E-state index contributed by atoms with van der Waals surface area (Å²) in [5, 5.41) is 31.8. The normalized spacial score (nSPS) is 10.6. The van der Waals surface area contributed by atoms with Crippen LogP contribution in [0.3, 0.4) is 0 Å². The molecule has 0 atom stereocenters. The third-order valence-electron chi connectivity index (χ3n) is 4.03. The van der Waals surface area contributed by atoms with Crippen LogP contribution in [0.25, 0.3) is 11.3 Å². The molecule has 0 saturated heterocycles. The van der Waals surface area contributed by atoms with Crippen molar-refractivity contribution in [2.75, 3.05) is 5.43 Å². The zero-order valence-electron chi connectivity index (χ0n) is 14.9. The van der Waals surface area contributed by atoms with Crippen molar-refractivity contribution in [3.05, 3.63) is 75.6 Å². The van der Waals surface area contributed by atoms with Gasteiger partial charge in [0.1, 0.15) is 11.6 Å². The van der Waals surface area contributed by atoms with Crippen molar-refractivity contribution in [3.63, 3.8) is 0 Å². The molecule has 28 heavy (non-hydrogen) atoms. The summed E-state index contributed by atoms with van der Waals surface area (Å²) in [6.07, 6.45) is 1.50. The predicted molar refractivity (Wildman–Crippen MR) is 107 cm³/mol. The van der Waals surface area contributed by atoms with E-state index >= 15 is 0 Å². The smallest absolute Gasteiger partial charge is 0.423 e. The Labute approximate surface area is 161 Å². The summed E-state index contributed by atoms with van der Waals surface area (Å²) < 4.78 is 0. The summed E-state index contributed by atoms with van der Waals surface area (Å²) in [5.74, 6) is 0.0956. The van der Waals surface area contributed by atoms with E-state index in [1.807, 2.05) is 12.1 Å². The fraction of sp³-hybridized carbons (Fsp3) is 0.0526. The Morgan fingerprint density at radius 3 is 2.64 bits per heavy atom. The average Bonchev–Trinajstić information content (AvgIpc) is 2.68. The number of aromatic nitrogens is 2. The van der Waals surface area contributed by atoms with E-state index in [0.29, 0.717) is 22.2 Å². The van der Waals surface area contributed by atoms with Gasteiger partial charge in [-0.2, -0.15) is 10.4 Å². The molecule has 1 heterocycles. The van der Waals surface area contributed by atoms with E-state index in [1.54, 1.807) is 49.4 Å². The molecule has 2 aromatic carbocycles. The van der Waals surface area contributed by atoms with Crippen LogP contribution in [-0.2, 0) is 0 Å². The maximum absolute atomic E-state index is 12.2. The summed E-state index contributed by atoms with van der Waals surface area (Å²) >= 11 is 0. The molecule has 0 bridgehead atoms. The number of anilines is 1. The minimum atomic E-state index is -1.53. The average molecular weight is 373 g/mol. The number of hydrogen-bond donors (Lipinski definition) is 4. The van der Waals surface area contributed by atoms with Crippen LogP contribution in [-0.4, -0.2) is 33.3 Å². The van der Waals surface area contributed by atoms with Crippen LogP contribution < -0.4 is 16.4 Å². The summed E-state index contributed by atoms with van der Waals surface area (Å²) in [5.41, 5.74) is 4.75. The molecule has 0 fully saturated rings. The quantitative estimate of drug-likeness (QED) is 0.296. The van der Waals surface area contributed by atoms with Gasteiger partial charge < -0.3 is 10.0 Å². The number of H-pyrrole nitrogens is 1. The topological polar surface area (TPSA) is 134 Å². The molecule has 0 unspecified atom stereocenters. The molecule has 8 nitrogen and oxygen atoms in total. The van der Waals surface area contributed by atoms with Crippen molar-refractivity contribution < 1.29 is 10.0 Å². The van der Waals surface area contributed by atoms with Crippen LogP contribution >= 0.6 is 0 Å². The number of aromatic amines is 1. The number of hydrazone groups is 1. The maximum atomic E-state index is 12.2. The Morgan fingerprint density at radius 2 is 2.00 bits per heavy atom. The lowest BCUT2D eigenvalue weighted by atomic mass is 9.77. The van der Waals surface area contributed by atoms with Crippen LogP contribution in [0.15, 0.2) is 58.4 Å². The van der Waals surface area contributed by atoms with Crippen molar-refractivity contribution in [1.29, 1.82) is 5.26 Å². The summed E-state index contributed by atoms with van der Waals surface area (Å²) in [6.45, 7) is 1.76. The second-order valence-electron chi connectivity index (χ2n) is 5.98. The van der Waals surface area contributed by atoms with Gasteiger partial charge in [-0.25, -0.2) is 10.4 Å². The van der Waals surface area contributed by atoms with Gasteiger partial charge >= 0.3 is 7.12 Å². The van der Waals surface area contributed by atoms with Crippen LogP contribution in [0.2, 0.25) is 0 Å². The molecule has 4 N–H and O–H groups in total. The molecule has 0 aliphatic heterocycles. The monoisotopic (exact) mass is 373 g/mol. The van der Waals surface area contributed by atoms with Crippen molar-refractivity contribution in [2.45, 2.75) is 6.92 Å². The van der Waals surface area contributed by atoms with Gasteiger partial charge in [0.05, 0.1) is 11.9 Å². The van der Waals surface area contributed by atoms with E-state index in [1.165, 1.54) is 6.21 Å². The molecule has 0 aliphatic rings. The molecule has 0 spiro atoms. The number of nitrogens with one attached hydrogen (secondary N) is 2. The Kier molecular flexibility index (Phi) is 5.65. The van der Waals surface area contributed by atoms with Crippen LogP contribution in [0, 0.1) is 18.3 Å². The second kappa shape index (κ2) is 8.31. The number of aryl methyl sites for hydroxylation is 1. The fourth-order valence-electron chi connectivity index (χ4n) is 2.67. The lowest BCUT2D eigenvalue weighted by molar-refractivity contribution is 0.425. The molecule has 3 rings (SSSR count). The zero-order valence-corrected chi connectivity index (χ0v) is 14.9. The SMILES string of the molecule is Cc1cc(C=NNc2nc(-c3ccccc3)c(C#N)c(=O)[nH]2)ccc1B(O)O. The maximum Gasteiger partial charge on any atom is 0.488 e. The van der Waals surface area contributed by atoms with Crippen molar-refractivity contribution in [1.82, 2.24) is 9.97 Å². The molecule has 0 saturated carbocycles. The van der Waals surface area contributed by atoms with Crippen molar-refractivity contribution in [2.24, 2.45) is 5.10 Å². The molecule has 0 amide bonds. The van der Waals surface area contributed by atoms with Crippen LogP contribution in [0.5, 0.6) is 0 Å². The van der Waals surface area contributed by atoms with Gasteiger partial charge in [-0.15, -0.1) is 0 Å². The lowest BCUT2D eigenvalue weighted by Crippen LogP contribution is -2.32. The molecule has 138 valence electrons. The lowest BCUT2D eigenvalue weighted by Gasteiger charge is -2.06. The first-order chi connectivity index (χ1) is 13.5. The highest BCUT2D eigenvalue weighted by Gasteiger charge is 2.14. The number of benzene rings is 2. The van der Waals surface area contributed by atoms with E-state index < -0.39 is 12.7 Å². The van der Waals surface area contributed by atoms with Gasteiger partial charge in [-0.1, -0.05) is 54.1 Å². The first kappa shape index (κ1) is 19.0. The van der Waals surface area contributed by atoms with E-state index in [2.05, 4.69) is 20.5 Å². The third-order valence-corrected chi connectivity index (χ3v) is 4.03. The van der Waals surface area contributed by atoms with Gasteiger partial charge in [0.25, 0.3) is 5.56 Å². The first-order valence-electron chi connectivity index (χ1n) is 8.35. The van der Waals surface area contributed by atoms with Gasteiger partial charge in [-0.05, 0) is 17.9 Å². The van der Waals surface area contributed by atoms with E-state index in [0.717, 1.165) is 0 Å². The predicted octanol–water partition coefficient (Wildman–Crippen LogP) is 0.743. The first-order valence-corrected chi connectivity index (χ1v) is 8.35. The van der Waals surface area contributed by atoms with Crippen LogP contribution in [0.1, 0.15) is 16.7 Å². The number of nitrogens with zero attached hydrogens (tertiary/aromatic N) is 3. The van der Waals surface area contributed by atoms with E-state index in [4.69, 9.17) is 0 Å². The minimum Gasteiger partial charge on any atom is -0.423 e. The molecule has 3 aromatic rings. The molecule has 1 aromatic heterocycles. The molecular weight excluding hydrogens is 357 g/mol. The Morgan fingerprint density at radius 1 is 1.25 bits per heavy atom. The summed E-state index contributed by atoms with van der Waals surface area (Å²) in [7, 11) is -1.53. The number of nitriles is 1. The van der Waals surface area contributed by atoms with Crippen LogP contribution in [0.4, 0.5) is 5.95 Å². The molecule has 0 aliphatic carbocycles. The Balaban J connectivity index is 1.86. The Bertz CT molecular complexity index is 1120. The zero-order chi connectivity index (χ0) is 20.1. The molecular formula is C19H16BN5O3. The fourth-order valence-corrected chi connectivity index (χ4v) is 2.67. The highest BCUT2D eigenvalue weighted by molar-refractivity contribution is 6.59. The second-order valence-corrected chi connectivity index (χ2v) is 5.98. The van der Waals surface area contributed by atoms with Gasteiger partial charge in [0.2, 0.25) is 5.95 Å². The number of hydrogen-bond acceptors (Lipinski definition) is 7. The standard InChI is InChI=1S/C19H16BN5O3/c1-12-9-13(7-8-16(12)20(27)28)11-22-25-19-23-17(14-5-3-2-4-6-14)15(10-21)18(26)24-19/h2-9,11,27-28H,1H3,(H2,23,24,25,26). The minimum absolute atomic E-state index is 0.0745. The van der Waals surface area contributed by atoms with Crippen molar-refractivity contribution in [3.8, 4) is 17.3 Å². The number of rotatable bonds is 5. The van der Waals surface area contributed by atoms with E-state index in [-0.39, 0.29) is 17.2 Å². The summed E-state index contributed by atoms with van der Waals surface area (Å²) in [6, 6.07) is 15.8. The molecule has 9 heteroatoms. The van der Waals surface area contributed by atoms with Gasteiger partial charge in [-0.3, -0.25) is 9.78 Å². The highest BCUT2D eigenvalue weighted by Crippen LogP contribution is 2.19. The van der Waals surface area contributed by atoms with E-state index in [9.17, 15) is 20.1 Å². The third kappa shape index (κ3) is 4.15. The Hall–Kier alpha value is -3.74. The summed E-state index contributed by atoms with van der Waals surface area (Å²) in [4.78, 5) is 19.0. The largest absolute Gasteiger partial charge is 0.488 e. The van der Waals surface area contributed by atoms with Crippen molar-refractivity contribution >= 4 is 24.7 Å². The molecule has 0 radical (unpaired) electrons. The highest BCUT2D eigenvalue weighted by atomic mass is 16.4. The van der Waals surface area contributed by atoms with Gasteiger partial charge in [0, 0.05) is 5.56 Å². The van der Waals surface area contributed by atoms with Gasteiger partial charge in [0.15, 0.2) is 0 Å².